The smallest absolute Gasteiger partial charge is 0.332 e. The number of H-pyrrole nitrogens is 1. The van der Waals surface area contributed by atoms with Crippen molar-refractivity contribution in [3.05, 3.63) is 65.4 Å². The molecule has 1 aromatic heterocycles. The molecule has 2 aliphatic heterocycles. The number of rotatable bonds is 7. The number of urea groups is 1. The Morgan fingerprint density at radius 3 is 2.64 bits per heavy atom. The van der Waals surface area contributed by atoms with E-state index in [1.807, 2.05) is 32.0 Å². The number of fused-ring (bicyclic) bond motifs is 5. The summed E-state index contributed by atoms with van der Waals surface area (Å²) in [4.78, 5) is 46.7. The van der Waals surface area contributed by atoms with Crippen molar-refractivity contribution < 1.29 is 14.4 Å². The predicted molar refractivity (Wildman–Crippen MR) is 141 cm³/mol. The molecule has 2 aliphatic rings. The van der Waals surface area contributed by atoms with Crippen LogP contribution >= 0.6 is 0 Å². The van der Waals surface area contributed by atoms with Crippen molar-refractivity contribution in [1.82, 2.24) is 15.2 Å². The molecule has 0 saturated carbocycles. The molecule has 5 rings (SSSR count). The zero-order valence-electron chi connectivity index (χ0n) is 21.4. The van der Waals surface area contributed by atoms with E-state index in [4.69, 9.17) is 0 Å². The quantitative estimate of drug-likeness (QED) is 0.441. The Kier molecular flexibility index (Phi) is 6.10. The van der Waals surface area contributed by atoms with E-state index >= 15 is 0 Å². The molecule has 0 spiro atoms. The van der Waals surface area contributed by atoms with Crippen LogP contribution in [-0.4, -0.2) is 40.3 Å². The monoisotopic (exact) mass is 486 g/mol. The first-order valence-electron chi connectivity index (χ1n) is 12.9. The van der Waals surface area contributed by atoms with E-state index in [1.165, 1.54) is 4.90 Å². The third kappa shape index (κ3) is 3.87. The van der Waals surface area contributed by atoms with Gasteiger partial charge in [0.05, 0.1) is 11.4 Å². The Hall–Kier alpha value is -3.61. The van der Waals surface area contributed by atoms with E-state index in [0.29, 0.717) is 30.1 Å². The van der Waals surface area contributed by atoms with Gasteiger partial charge in [0.15, 0.2) is 5.54 Å². The summed E-state index contributed by atoms with van der Waals surface area (Å²) in [5, 5.41) is 4.14. The Bertz CT molecular complexity index is 1340. The largest absolute Gasteiger partial charge is 0.356 e. The molecule has 2 N–H and O–H groups in total. The highest BCUT2D eigenvalue weighted by Gasteiger charge is 2.59. The van der Waals surface area contributed by atoms with Gasteiger partial charge in [-0.1, -0.05) is 51.0 Å². The molecule has 188 valence electrons. The lowest BCUT2D eigenvalue weighted by atomic mass is 9.87. The molecule has 0 radical (unpaired) electrons. The van der Waals surface area contributed by atoms with Gasteiger partial charge < -0.3 is 15.2 Å². The standard InChI is InChI=1S/C29H34N4O3/c1-18(2)9-7-10-19(3)30-26(34)20-11-8-12-21(17-20)33-27(35)29(4)25-23(15-16-32(29)28(33)36)22-13-5-6-14-24(22)31-25/h5-6,8,11-14,17-19,31H,7,9-10,15-16H2,1-4H3,(H,30,34)/t19-,29+/m1/s1. The molecule has 36 heavy (non-hydrogen) atoms. The molecule has 1 fully saturated rings. The van der Waals surface area contributed by atoms with Crippen LogP contribution in [0.3, 0.4) is 0 Å². The van der Waals surface area contributed by atoms with Crippen molar-refractivity contribution in [3.8, 4) is 0 Å². The van der Waals surface area contributed by atoms with Crippen molar-refractivity contribution in [2.45, 2.75) is 65.0 Å². The Morgan fingerprint density at radius 1 is 1.08 bits per heavy atom. The van der Waals surface area contributed by atoms with E-state index in [0.717, 1.165) is 41.4 Å². The third-order valence-electron chi connectivity index (χ3n) is 7.63. The van der Waals surface area contributed by atoms with Gasteiger partial charge in [0.1, 0.15) is 0 Å². The number of nitrogens with zero attached hydrogens (tertiary/aromatic N) is 2. The number of nitrogens with one attached hydrogen (secondary N) is 2. The number of benzene rings is 2. The van der Waals surface area contributed by atoms with Crippen molar-refractivity contribution in [2.75, 3.05) is 11.4 Å². The average Bonchev–Trinajstić information content (AvgIpc) is 3.32. The van der Waals surface area contributed by atoms with Gasteiger partial charge in [0.2, 0.25) is 0 Å². The fraction of sp³-hybridized carbons (Fsp3) is 0.414. The van der Waals surface area contributed by atoms with Gasteiger partial charge in [0.25, 0.3) is 11.8 Å². The van der Waals surface area contributed by atoms with Crippen LogP contribution in [0.2, 0.25) is 0 Å². The SMILES string of the molecule is CC(C)CCC[C@@H](C)NC(=O)c1cccc(N2C(=O)N3CCc4c([nH]c5ccccc45)[C@@]3(C)C2=O)c1. The molecule has 4 amide bonds. The first-order chi connectivity index (χ1) is 17.2. The summed E-state index contributed by atoms with van der Waals surface area (Å²) in [5.41, 5.74) is 2.56. The fourth-order valence-corrected chi connectivity index (χ4v) is 5.62. The molecular weight excluding hydrogens is 452 g/mol. The second kappa shape index (κ2) is 9.12. The second-order valence-corrected chi connectivity index (χ2v) is 10.7. The van der Waals surface area contributed by atoms with Gasteiger partial charge in [-0.05, 0) is 62.4 Å². The molecule has 7 nitrogen and oxygen atoms in total. The number of imide groups is 1. The molecule has 2 aromatic carbocycles. The fourth-order valence-electron chi connectivity index (χ4n) is 5.62. The van der Waals surface area contributed by atoms with E-state index in [1.54, 1.807) is 29.2 Å². The van der Waals surface area contributed by atoms with Crippen LogP contribution in [0.15, 0.2) is 48.5 Å². The number of aromatic amines is 1. The van der Waals surface area contributed by atoms with Crippen LogP contribution in [0, 0.1) is 5.92 Å². The molecule has 3 aromatic rings. The highest BCUT2D eigenvalue weighted by atomic mass is 16.2. The second-order valence-electron chi connectivity index (χ2n) is 10.7. The third-order valence-corrected chi connectivity index (χ3v) is 7.63. The number of para-hydroxylation sites is 1. The van der Waals surface area contributed by atoms with Crippen LogP contribution in [0.5, 0.6) is 0 Å². The summed E-state index contributed by atoms with van der Waals surface area (Å²) in [7, 11) is 0. The average molecular weight is 487 g/mol. The minimum absolute atomic E-state index is 0.0447. The van der Waals surface area contributed by atoms with E-state index < -0.39 is 5.54 Å². The summed E-state index contributed by atoms with van der Waals surface area (Å²) >= 11 is 0. The van der Waals surface area contributed by atoms with Gasteiger partial charge >= 0.3 is 6.03 Å². The van der Waals surface area contributed by atoms with Crippen LogP contribution in [-0.2, 0) is 16.8 Å². The maximum atomic E-state index is 13.9. The van der Waals surface area contributed by atoms with Crippen molar-refractivity contribution in [3.63, 3.8) is 0 Å². The highest BCUT2D eigenvalue weighted by molar-refractivity contribution is 6.24. The lowest BCUT2D eigenvalue weighted by Gasteiger charge is -2.35. The molecule has 0 bridgehead atoms. The molecule has 7 heteroatoms. The number of carbonyl (C=O) groups excluding carboxylic acids is 3. The molecule has 3 heterocycles. The molecular formula is C29H34N4O3. The molecule has 0 aliphatic carbocycles. The summed E-state index contributed by atoms with van der Waals surface area (Å²) in [6, 6.07) is 14.5. The Labute approximate surface area is 211 Å². The molecule has 1 saturated heterocycles. The lowest BCUT2D eigenvalue weighted by molar-refractivity contribution is -0.125. The van der Waals surface area contributed by atoms with Gasteiger partial charge in [-0.3, -0.25) is 9.59 Å². The van der Waals surface area contributed by atoms with Crippen molar-refractivity contribution in [1.29, 1.82) is 0 Å². The van der Waals surface area contributed by atoms with E-state index in [9.17, 15) is 14.4 Å². The summed E-state index contributed by atoms with van der Waals surface area (Å²) in [6.45, 7) is 8.67. The number of amides is 4. The number of carbonyl (C=O) groups is 3. The van der Waals surface area contributed by atoms with Gasteiger partial charge in [0, 0.05) is 29.1 Å². The first kappa shape index (κ1) is 24.1. The molecule has 2 atom stereocenters. The van der Waals surface area contributed by atoms with E-state index in [2.05, 4.69) is 30.2 Å². The zero-order chi connectivity index (χ0) is 25.6. The van der Waals surface area contributed by atoms with Crippen molar-refractivity contribution in [2.24, 2.45) is 5.92 Å². The van der Waals surface area contributed by atoms with Crippen LogP contribution in [0.4, 0.5) is 10.5 Å². The van der Waals surface area contributed by atoms with Crippen molar-refractivity contribution >= 4 is 34.4 Å². The summed E-state index contributed by atoms with van der Waals surface area (Å²) in [6.07, 6.45) is 3.77. The normalized spacial score (nSPS) is 20.1. The topological polar surface area (TPSA) is 85.5 Å². The van der Waals surface area contributed by atoms with E-state index in [-0.39, 0.29) is 23.9 Å². The minimum atomic E-state index is -1.12. The summed E-state index contributed by atoms with van der Waals surface area (Å²) in [5.74, 6) is 0.135. The molecule has 0 unspecified atom stereocenters. The van der Waals surface area contributed by atoms with Crippen LogP contribution in [0.25, 0.3) is 10.9 Å². The first-order valence-corrected chi connectivity index (χ1v) is 12.9. The zero-order valence-corrected chi connectivity index (χ0v) is 21.4. The number of hydrogen-bond donors (Lipinski definition) is 2. The predicted octanol–water partition coefficient (Wildman–Crippen LogP) is 5.35. The Balaban J connectivity index is 1.40. The Morgan fingerprint density at radius 2 is 1.86 bits per heavy atom. The van der Waals surface area contributed by atoms with Crippen LogP contribution < -0.4 is 10.2 Å². The maximum Gasteiger partial charge on any atom is 0.332 e. The number of anilines is 1. The number of hydrogen-bond acceptors (Lipinski definition) is 3. The number of aromatic nitrogens is 1. The van der Waals surface area contributed by atoms with Crippen LogP contribution in [0.1, 0.15) is 68.6 Å². The van der Waals surface area contributed by atoms with Gasteiger partial charge in [-0.25, -0.2) is 9.69 Å². The maximum absolute atomic E-state index is 13.9. The lowest BCUT2D eigenvalue weighted by Crippen LogP contribution is -2.49. The minimum Gasteiger partial charge on any atom is -0.356 e. The van der Waals surface area contributed by atoms with Gasteiger partial charge in [-0.15, -0.1) is 0 Å². The highest BCUT2D eigenvalue weighted by Crippen LogP contribution is 2.45. The summed E-state index contributed by atoms with van der Waals surface area (Å²) < 4.78 is 0. The van der Waals surface area contributed by atoms with Gasteiger partial charge in [-0.2, -0.15) is 0 Å².